The first-order valence-electron chi connectivity index (χ1n) is 9.98. The molecule has 1 atom stereocenters. The monoisotopic (exact) mass is 443 g/mol. The average Bonchev–Trinajstić information content (AvgIpc) is 2.77. The Bertz CT molecular complexity index is 1130. The van der Waals surface area contributed by atoms with Crippen molar-refractivity contribution in [2.45, 2.75) is 25.4 Å². The molecule has 2 heterocycles. The number of halogens is 2. The Kier molecular flexibility index (Phi) is 6.20. The minimum atomic E-state index is -0.548. The number of nitrogens with zero attached hydrogens (tertiary/aromatic N) is 3. The van der Waals surface area contributed by atoms with E-state index in [1.165, 1.54) is 12.4 Å². The molecule has 1 fully saturated rings. The number of likely N-dealkylation sites (N-methyl/N-ethyl adjacent to an activating group) is 1. The van der Waals surface area contributed by atoms with Crippen LogP contribution in [0.15, 0.2) is 36.7 Å². The van der Waals surface area contributed by atoms with Crippen LogP contribution in [0.1, 0.15) is 18.4 Å². The van der Waals surface area contributed by atoms with E-state index < -0.39 is 5.82 Å². The van der Waals surface area contributed by atoms with E-state index in [4.69, 9.17) is 16.3 Å². The van der Waals surface area contributed by atoms with Crippen LogP contribution in [0.5, 0.6) is 5.75 Å². The summed E-state index contributed by atoms with van der Waals surface area (Å²) in [6, 6.07) is 8.28. The Morgan fingerprint density at radius 2 is 2.19 bits per heavy atom. The lowest BCUT2D eigenvalue weighted by molar-refractivity contribution is -0.127. The van der Waals surface area contributed by atoms with Crippen molar-refractivity contribution in [2.24, 2.45) is 0 Å². The summed E-state index contributed by atoms with van der Waals surface area (Å²) in [4.78, 5) is 22.9. The molecular formula is C22H23ClFN5O2. The van der Waals surface area contributed by atoms with Gasteiger partial charge in [-0.05, 0) is 38.1 Å². The van der Waals surface area contributed by atoms with Crippen molar-refractivity contribution in [2.75, 3.05) is 26.0 Å². The maximum atomic E-state index is 14.4. The molecule has 0 bridgehead atoms. The van der Waals surface area contributed by atoms with Crippen molar-refractivity contribution in [1.82, 2.24) is 20.2 Å². The summed E-state index contributed by atoms with van der Waals surface area (Å²) in [6.45, 7) is 1.21. The van der Waals surface area contributed by atoms with Gasteiger partial charge in [-0.15, -0.1) is 0 Å². The Labute approximate surface area is 184 Å². The smallest absolute Gasteiger partial charge is 0.237 e. The summed E-state index contributed by atoms with van der Waals surface area (Å²) in [5.74, 6) is 0.602. The van der Waals surface area contributed by atoms with Gasteiger partial charge >= 0.3 is 0 Å². The number of anilines is 2. The van der Waals surface area contributed by atoms with Crippen molar-refractivity contribution in [1.29, 1.82) is 0 Å². The third-order valence-corrected chi connectivity index (χ3v) is 5.74. The number of ether oxygens (including phenoxy) is 1. The number of hydrogen-bond donors (Lipinski definition) is 2. The number of hydrogen-bond acceptors (Lipinski definition) is 6. The molecule has 1 amide bonds. The second-order valence-electron chi connectivity index (χ2n) is 7.49. The molecule has 162 valence electrons. The van der Waals surface area contributed by atoms with Gasteiger partial charge in [0.25, 0.3) is 0 Å². The lowest BCUT2D eigenvalue weighted by atomic mass is 10.0. The average molecular weight is 444 g/mol. The van der Waals surface area contributed by atoms with Gasteiger partial charge in [-0.25, -0.2) is 14.4 Å². The Morgan fingerprint density at radius 3 is 2.97 bits per heavy atom. The van der Waals surface area contributed by atoms with Gasteiger partial charge in [0.2, 0.25) is 5.91 Å². The molecule has 0 aliphatic carbocycles. The van der Waals surface area contributed by atoms with Crippen molar-refractivity contribution < 1.29 is 13.9 Å². The highest BCUT2D eigenvalue weighted by molar-refractivity contribution is 6.31. The fraction of sp³-hybridized carbons (Fsp3) is 0.318. The summed E-state index contributed by atoms with van der Waals surface area (Å²) in [5, 5.41) is 6.66. The van der Waals surface area contributed by atoms with Gasteiger partial charge in [0.05, 0.1) is 29.4 Å². The minimum absolute atomic E-state index is 0.0260. The Morgan fingerprint density at radius 1 is 1.35 bits per heavy atom. The van der Waals surface area contributed by atoms with Gasteiger partial charge in [0.15, 0.2) is 5.82 Å². The molecule has 9 heteroatoms. The largest absolute Gasteiger partial charge is 0.496 e. The van der Waals surface area contributed by atoms with Crippen LogP contribution in [-0.4, -0.2) is 47.5 Å². The van der Waals surface area contributed by atoms with Crippen molar-refractivity contribution >= 4 is 39.9 Å². The molecule has 0 saturated carbocycles. The number of amides is 1. The third kappa shape index (κ3) is 4.40. The van der Waals surface area contributed by atoms with Crippen molar-refractivity contribution in [3.8, 4) is 5.75 Å². The number of nitrogens with one attached hydrogen (secondary N) is 2. The van der Waals surface area contributed by atoms with Crippen LogP contribution in [0.25, 0.3) is 10.9 Å². The van der Waals surface area contributed by atoms with Crippen LogP contribution in [0.2, 0.25) is 5.02 Å². The van der Waals surface area contributed by atoms with E-state index in [0.29, 0.717) is 29.0 Å². The normalized spacial score (nSPS) is 16.4. The molecule has 1 aromatic heterocycles. The second-order valence-corrected chi connectivity index (χ2v) is 7.90. The van der Waals surface area contributed by atoms with E-state index in [0.717, 1.165) is 24.9 Å². The van der Waals surface area contributed by atoms with Crippen LogP contribution in [0, 0.1) is 5.82 Å². The molecule has 31 heavy (non-hydrogen) atoms. The number of fused-ring (bicyclic) bond motifs is 1. The zero-order valence-electron chi connectivity index (χ0n) is 17.3. The van der Waals surface area contributed by atoms with Gasteiger partial charge < -0.3 is 15.4 Å². The topological polar surface area (TPSA) is 79.4 Å². The van der Waals surface area contributed by atoms with Crippen molar-refractivity contribution in [3.63, 3.8) is 0 Å². The molecule has 7 nitrogen and oxygen atoms in total. The van der Waals surface area contributed by atoms with Gasteiger partial charge in [-0.1, -0.05) is 17.7 Å². The number of rotatable bonds is 6. The summed E-state index contributed by atoms with van der Waals surface area (Å²) >= 11 is 5.90. The third-order valence-electron chi connectivity index (χ3n) is 5.45. The van der Waals surface area contributed by atoms with E-state index in [-0.39, 0.29) is 22.7 Å². The highest BCUT2D eigenvalue weighted by Crippen LogP contribution is 2.32. The number of benzene rings is 2. The van der Waals surface area contributed by atoms with Crippen LogP contribution in [0.4, 0.5) is 15.9 Å². The van der Waals surface area contributed by atoms with Gasteiger partial charge in [0.1, 0.15) is 17.9 Å². The predicted molar refractivity (Wildman–Crippen MR) is 118 cm³/mol. The first-order valence-corrected chi connectivity index (χ1v) is 10.4. The lowest BCUT2D eigenvalue weighted by Gasteiger charge is -2.30. The van der Waals surface area contributed by atoms with Crippen molar-refractivity contribution in [3.05, 3.63) is 53.1 Å². The summed E-state index contributed by atoms with van der Waals surface area (Å²) in [5.41, 5.74) is 1.75. The zero-order chi connectivity index (χ0) is 22.0. The van der Waals surface area contributed by atoms with E-state index in [9.17, 15) is 9.18 Å². The first kappa shape index (κ1) is 21.3. The minimum Gasteiger partial charge on any atom is -0.496 e. The quantitative estimate of drug-likeness (QED) is 0.601. The molecule has 1 aliphatic heterocycles. The molecular weight excluding hydrogens is 421 g/mol. The number of piperidine rings is 1. The van der Waals surface area contributed by atoms with Crippen LogP contribution >= 0.6 is 11.6 Å². The summed E-state index contributed by atoms with van der Waals surface area (Å²) < 4.78 is 20.0. The van der Waals surface area contributed by atoms with Crippen LogP contribution < -0.4 is 15.4 Å². The predicted octanol–water partition coefficient (Wildman–Crippen LogP) is 3.88. The molecule has 1 aliphatic rings. The lowest BCUT2D eigenvalue weighted by Crippen LogP contribution is -2.48. The van der Waals surface area contributed by atoms with Crippen LogP contribution in [-0.2, 0) is 11.3 Å². The molecule has 2 aromatic carbocycles. The molecule has 0 spiro atoms. The maximum Gasteiger partial charge on any atom is 0.237 e. The highest BCUT2D eigenvalue weighted by atomic mass is 35.5. The van der Waals surface area contributed by atoms with E-state index in [1.807, 2.05) is 24.1 Å². The first-order chi connectivity index (χ1) is 15.0. The summed E-state index contributed by atoms with van der Waals surface area (Å²) in [6.07, 6.45) is 3.16. The fourth-order valence-electron chi connectivity index (χ4n) is 3.83. The van der Waals surface area contributed by atoms with Gasteiger partial charge in [-0.3, -0.25) is 9.69 Å². The number of aromatic nitrogens is 2. The Balaban J connectivity index is 1.70. The van der Waals surface area contributed by atoms with E-state index in [2.05, 4.69) is 20.6 Å². The maximum absolute atomic E-state index is 14.4. The number of methoxy groups -OCH3 is 1. The van der Waals surface area contributed by atoms with Gasteiger partial charge in [-0.2, -0.15) is 0 Å². The molecule has 1 saturated heterocycles. The van der Waals surface area contributed by atoms with Gasteiger partial charge in [0, 0.05) is 30.1 Å². The molecule has 2 N–H and O–H groups in total. The molecule has 0 radical (unpaired) electrons. The Hall–Kier alpha value is -2.97. The molecule has 4 rings (SSSR count). The number of carbonyl (C=O) groups excluding carboxylic acids is 1. The summed E-state index contributed by atoms with van der Waals surface area (Å²) in [7, 11) is 3.51. The second kappa shape index (κ2) is 9.03. The van der Waals surface area contributed by atoms with E-state index >= 15 is 0 Å². The van der Waals surface area contributed by atoms with Crippen LogP contribution in [0.3, 0.4) is 0 Å². The zero-order valence-corrected chi connectivity index (χ0v) is 18.0. The fourth-order valence-corrected chi connectivity index (χ4v) is 4.00. The number of carbonyl (C=O) groups is 1. The highest BCUT2D eigenvalue weighted by Gasteiger charge is 2.26. The molecule has 3 aromatic rings. The standard InChI is InChI=1S/C22H23ClFN5O2/c1-29(18-7-4-8-25-22(18)30)11-13-9-14-17(10-19(13)31-2)26-12-27-21(14)28-16-6-3-5-15(23)20(16)24/h3,5-6,9-10,12,18H,4,7-8,11H2,1-2H3,(H,25,30)(H,26,27,28)/t18-/m0/s1. The molecule has 0 unspecified atom stereocenters. The SMILES string of the molecule is COc1cc2ncnc(Nc3cccc(Cl)c3F)c2cc1CN(C)[C@H]1CCCNC1=O. The van der Waals surface area contributed by atoms with E-state index in [1.54, 1.807) is 19.2 Å².